The van der Waals surface area contributed by atoms with Crippen LogP contribution in [0.3, 0.4) is 0 Å². The van der Waals surface area contributed by atoms with Crippen molar-refractivity contribution in [1.29, 1.82) is 0 Å². The Bertz CT molecular complexity index is 604. The minimum absolute atomic E-state index is 0.160. The van der Waals surface area contributed by atoms with E-state index in [4.69, 9.17) is 0 Å². The number of hydrogen-bond acceptors (Lipinski definition) is 4. The molecule has 0 saturated carbocycles. The number of carbonyl (C=O) groups is 1. The number of nitrogens with zero attached hydrogens (tertiary/aromatic N) is 2. The number of rotatable bonds is 5. The van der Waals surface area contributed by atoms with Crippen molar-refractivity contribution in [2.24, 2.45) is 5.10 Å². The maximum absolute atomic E-state index is 11.6. The lowest BCUT2D eigenvalue weighted by Gasteiger charge is -1.99. The molecule has 0 saturated heterocycles. The molecule has 0 atom stereocenters. The first-order valence-corrected chi connectivity index (χ1v) is 7.63. The van der Waals surface area contributed by atoms with Crippen molar-refractivity contribution < 1.29 is 4.79 Å². The van der Waals surface area contributed by atoms with Gasteiger partial charge in [-0.15, -0.1) is 0 Å². The minimum Gasteiger partial charge on any atom is -0.272 e. The van der Waals surface area contributed by atoms with E-state index in [2.05, 4.69) is 31.4 Å². The SMILES string of the molecule is O=C(CSc1ccccn1)NN=Cc1cccc(Br)c1. The Kier molecular flexibility index (Phi) is 5.76. The predicted molar refractivity (Wildman–Crippen MR) is 84.8 cm³/mol. The summed E-state index contributed by atoms with van der Waals surface area (Å²) < 4.78 is 0.971. The van der Waals surface area contributed by atoms with Crippen molar-refractivity contribution in [3.05, 3.63) is 58.7 Å². The molecule has 0 aliphatic carbocycles. The van der Waals surface area contributed by atoms with Crippen LogP contribution in [0.25, 0.3) is 0 Å². The van der Waals surface area contributed by atoms with Crippen LogP contribution in [-0.4, -0.2) is 22.9 Å². The fraction of sp³-hybridized carbons (Fsp3) is 0.0714. The molecule has 0 aliphatic heterocycles. The zero-order valence-corrected chi connectivity index (χ0v) is 12.9. The minimum atomic E-state index is -0.160. The maximum atomic E-state index is 11.6. The summed E-state index contributed by atoms with van der Waals surface area (Å²) in [6.45, 7) is 0. The Balaban J connectivity index is 1.78. The van der Waals surface area contributed by atoms with Crippen molar-refractivity contribution >= 4 is 39.8 Å². The first-order chi connectivity index (χ1) is 9.74. The van der Waals surface area contributed by atoms with Crippen LogP contribution in [0.2, 0.25) is 0 Å². The topological polar surface area (TPSA) is 54.4 Å². The smallest absolute Gasteiger partial charge is 0.250 e. The second-order valence-electron chi connectivity index (χ2n) is 3.80. The third kappa shape index (κ3) is 5.14. The summed E-state index contributed by atoms with van der Waals surface area (Å²) in [5.41, 5.74) is 3.40. The highest BCUT2D eigenvalue weighted by Gasteiger charge is 2.01. The highest BCUT2D eigenvalue weighted by molar-refractivity contribution is 9.10. The van der Waals surface area contributed by atoms with E-state index in [9.17, 15) is 4.79 Å². The summed E-state index contributed by atoms with van der Waals surface area (Å²) in [6.07, 6.45) is 3.31. The van der Waals surface area contributed by atoms with E-state index < -0.39 is 0 Å². The molecule has 20 heavy (non-hydrogen) atoms. The van der Waals surface area contributed by atoms with Gasteiger partial charge in [-0.2, -0.15) is 5.10 Å². The van der Waals surface area contributed by atoms with Gasteiger partial charge in [0.1, 0.15) is 0 Å². The van der Waals surface area contributed by atoms with Gasteiger partial charge in [0, 0.05) is 10.7 Å². The van der Waals surface area contributed by atoms with Crippen LogP contribution in [0.15, 0.2) is 63.3 Å². The number of nitrogens with one attached hydrogen (secondary N) is 1. The first-order valence-electron chi connectivity index (χ1n) is 5.85. The average Bonchev–Trinajstić information content (AvgIpc) is 2.46. The molecule has 1 aromatic heterocycles. The van der Waals surface area contributed by atoms with Gasteiger partial charge in [0.15, 0.2) is 0 Å². The lowest BCUT2D eigenvalue weighted by atomic mass is 10.2. The van der Waals surface area contributed by atoms with Gasteiger partial charge in [-0.3, -0.25) is 4.79 Å². The molecule has 102 valence electrons. The average molecular weight is 350 g/mol. The van der Waals surface area contributed by atoms with Crippen LogP contribution in [0, 0.1) is 0 Å². The van der Waals surface area contributed by atoms with Gasteiger partial charge < -0.3 is 0 Å². The van der Waals surface area contributed by atoms with Gasteiger partial charge >= 0.3 is 0 Å². The van der Waals surface area contributed by atoms with Crippen molar-refractivity contribution in [2.45, 2.75) is 5.03 Å². The number of hydrogen-bond donors (Lipinski definition) is 1. The van der Waals surface area contributed by atoms with E-state index >= 15 is 0 Å². The normalized spacial score (nSPS) is 10.7. The van der Waals surface area contributed by atoms with Gasteiger partial charge in [0.05, 0.1) is 17.0 Å². The Labute approximate surface area is 129 Å². The van der Waals surface area contributed by atoms with Gasteiger partial charge in [-0.25, -0.2) is 10.4 Å². The summed E-state index contributed by atoms with van der Waals surface area (Å²) in [4.78, 5) is 15.7. The molecular weight excluding hydrogens is 338 g/mol. The molecule has 0 spiro atoms. The Hall–Kier alpha value is -1.66. The van der Waals surface area contributed by atoms with Crippen LogP contribution in [-0.2, 0) is 4.79 Å². The van der Waals surface area contributed by atoms with Crippen LogP contribution in [0.5, 0.6) is 0 Å². The fourth-order valence-corrected chi connectivity index (χ4v) is 2.44. The zero-order valence-electron chi connectivity index (χ0n) is 10.5. The molecule has 1 N–H and O–H groups in total. The summed E-state index contributed by atoms with van der Waals surface area (Å²) in [6, 6.07) is 13.2. The van der Waals surface area contributed by atoms with E-state index in [1.165, 1.54) is 11.8 Å². The number of benzene rings is 1. The van der Waals surface area contributed by atoms with Crippen LogP contribution in [0.4, 0.5) is 0 Å². The first kappa shape index (κ1) is 14.7. The molecule has 1 heterocycles. The second kappa shape index (κ2) is 7.81. The largest absolute Gasteiger partial charge is 0.272 e. The van der Waals surface area contributed by atoms with E-state index in [0.29, 0.717) is 0 Å². The molecular formula is C14H12BrN3OS. The summed E-state index contributed by atoms with van der Waals surface area (Å²) >= 11 is 4.75. The van der Waals surface area contributed by atoms with Crippen LogP contribution < -0.4 is 5.43 Å². The van der Waals surface area contributed by atoms with E-state index in [1.807, 2.05) is 42.5 Å². The monoisotopic (exact) mass is 349 g/mol. The Morgan fingerprint density at radius 3 is 3.00 bits per heavy atom. The molecule has 2 aromatic rings. The van der Waals surface area contributed by atoms with Gasteiger partial charge in [0.25, 0.3) is 0 Å². The number of amides is 1. The van der Waals surface area contributed by atoms with Gasteiger partial charge in [0.2, 0.25) is 5.91 Å². The van der Waals surface area contributed by atoms with Crippen molar-refractivity contribution in [3.63, 3.8) is 0 Å². The number of pyridine rings is 1. The third-order valence-electron chi connectivity index (χ3n) is 2.24. The van der Waals surface area contributed by atoms with Crippen molar-refractivity contribution in [1.82, 2.24) is 10.4 Å². The number of hydrazone groups is 1. The van der Waals surface area contributed by atoms with Crippen molar-refractivity contribution in [3.8, 4) is 0 Å². The summed E-state index contributed by atoms with van der Waals surface area (Å²) in [5.74, 6) is 0.124. The molecule has 6 heteroatoms. The fourth-order valence-electron chi connectivity index (χ4n) is 1.37. The number of aromatic nitrogens is 1. The third-order valence-corrected chi connectivity index (χ3v) is 3.68. The summed E-state index contributed by atoms with van der Waals surface area (Å²) in [5, 5.41) is 4.73. The van der Waals surface area contributed by atoms with E-state index in [0.717, 1.165) is 15.1 Å². The van der Waals surface area contributed by atoms with Gasteiger partial charge in [-0.1, -0.05) is 45.9 Å². The van der Waals surface area contributed by atoms with Crippen LogP contribution >= 0.6 is 27.7 Å². The molecule has 4 nitrogen and oxygen atoms in total. The molecule has 0 aliphatic rings. The van der Waals surface area contributed by atoms with E-state index in [1.54, 1.807) is 12.4 Å². The standard InChI is InChI=1S/C14H12BrN3OS/c15-12-5-3-4-11(8-12)9-17-18-13(19)10-20-14-6-1-2-7-16-14/h1-9H,10H2,(H,18,19). The molecule has 1 aromatic carbocycles. The molecule has 0 unspecified atom stereocenters. The number of carbonyl (C=O) groups excluding carboxylic acids is 1. The lowest BCUT2D eigenvalue weighted by Crippen LogP contribution is -2.19. The van der Waals surface area contributed by atoms with Crippen molar-refractivity contribution in [2.75, 3.05) is 5.75 Å². The maximum Gasteiger partial charge on any atom is 0.250 e. The molecule has 2 rings (SSSR count). The molecule has 1 amide bonds. The number of halogens is 1. The second-order valence-corrected chi connectivity index (χ2v) is 5.72. The quantitative estimate of drug-likeness (QED) is 0.512. The Morgan fingerprint density at radius 1 is 1.35 bits per heavy atom. The molecule has 0 fully saturated rings. The highest BCUT2D eigenvalue weighted by atomic mass is 79.9. The number of thioether (sulfide) groups is 1. The molecule has 0 radical (unpaired) electrons. The molecule has 0 bridgehead atoms. The summed E-state index contributed by atoms with van der Waals surface area (Å²) in [7, 11) is 0. The lowest BCUT2D eigenvalue weighted by molar-refractivity contribution is -0.118. The van der Waals surface area contributed by atoms with Crippen LogP contribution in [0.1, 0.15) is 5.56 Å². The van der Waals surface area contributed by atoms with Gasteiger partial charge in [-0.05, 0) is 29.8 Å². The van der Waals surface area contributed by atoms with E-state index in [-0.39, 0.29) is 11.7 Å². The Morgan fingerprint density at radius 2 is 2.25 bits per heavy atom. The highest BCUT2D eigenvalue weighted by Crippen LogP contribution is 2.13. The predicted octanol–water partition coefficient (Wildman–Crippen LogP) is 3.09. The zero-order chi connectivity index (χ0) is 14.2.